The van der Waals surface area contributed by atoms with Gasteiger partial charge in [-0.25, -0.2) is 4.79 Å². The fourth-order valence-corrected chi connectivity index (χ4v) is 3.37. The van der Waals surface area contributed by atoms with Gasteiger partial charge in [-0.1, -0.05) is 30.3 Å². The number of likely N-dealkylation sites (tertiary alicyclic amines) is 1. The van der Waals surface area contributed by atoms with Crippen LogP contribution < -0.4 is 14.8 Å². The number of ether oxygens (including phenoxy) is 3. The van der Waals surface area contributed by atoms with Crippen molar-refractivity contribution < 1.29 is 23.8 Å². The molecular weight excluding hydrogens is 360 g/mol. The largest absolute Gasteiger partial charge is 0.454 e. The van der Waals surface area contributed by atoms with Crippen molar-refractivity contribution in [3.63, 3.8) is 0 Å². The molecule has 0 atom stereocenters. The fraction of sp³-hybridized carbons (Fsp3) is 0.333. The number of amides is 2. The van der Waals surface area contributed by atoms with E-state index in [4.69, 9.17) is 14.2 Å². The molecule has 28 heavy (non-hydrogen) atoms. The van der Waals surface area contributed by atoms with Gasteiger partial charge in [-0.3, -0.25) is 4.79 Å². The lowest BCUT2D eigenvalue weighted by Gasteiger charge is -2.32. The van der Waals surface area contributed by atoms with E-state index < -0.39 is 6.09 Å². The molecule has 0 aliphatic carbocycles. The Morgan fingerprint density at radius 2 is 1.79 bits per heavy atom. The van der Waals surface area contributed by atoms with Crippen LogP contribution >= 0.6 is 0 Å². The van der Waals surface area contributed by atoms with Crippen LogP contribution in [-0.4, -0.2) is 42.8 Å². The summed E-state index contributed by atoms with van der Waals surface area (Å²) in [5.74, 6) is 1.22. The van der Waals surface area contributed by atoms with E-state index in [1.54, 1.807) is 23.1 Å². The van der Waals surface area contributed by atoms with Crippen molar-refractivity contribution in [1.82, 2.24) is 10.2 Å². The summed E-state index contributed by atoms with van der Waals surface area (Å²) in [7, 11) is 0. The van der Waals surface area contributed by atoms with E-state index in [0.717, 1.165) is 5.56 Å². The Kier molecular flexibility index (Phi) is 5.32. The van der Waals surface area contributed by atoms with Gasteiger partial charge in [-0.2, -0.15) is 0 Å². The standard InChI is InChI=1S/C21H22N2O5/c24-20(16-6-7-18-19(12-16)28-14-27-18)23-10-8-17(9-11-23)22-21(25)26-13-15-4-2-1-3-5-15/h1-7,12,17H,8-11,13-14H2,(H,22,25). The number of hydrogen-bond donors (Lipinski definition) is 1. The van der Waals surface area contributed by atoms with Crippen LogP contribution in [0.3, 0.4) is 0 Å². The van der Waals surface area contributed by atoms with Gasteiger partial charge in [-0.15, -0.1) is 0 Å². The van der Waals surface area contributed by atoms with E-state index in [2.05, 4.69) is 5.32 Å². The molecule has 4 rings (SSSR count). The van der Waals surface area contributed by atoms with Crippen LogP contribution in [-0.2, 0) is 11.3 Å². The van der Waals surface area contributed by atoms with Crippen LogP contribution in [0.4, 0.5) is 4.79 Å². The quantitative estimate of drug-likeness (QED) is 0.880. The van der Waals surface area contributed by atoms with Crippen molar-refractivity contribution in [3.8, 4) is 11.5 Å². The number of rotatable bonds is 4. The highest BCUT2D eigenvalue weighted by atomic mass is 16.7. The second kappa shape index (κ2) is 8.21. The molecule has 2 heterocycles. The number of hydrogen-bond acceptors (Lipinski definition) is 5. The molecule has 7 nitrogen and oxygen atoms in total. The predicted octanol–water partition coefficient (Wildman–Crippen LogP) is 2.95. The number of carbonyl (C=O) groups excluding carboxylic acids is 2. The van der Waals surface area contributed by atoms with E-state index in [0.29, 0.717) is 43.0 Å². The highest BCUT2D eigenvalue weighted by Gasteiger charge is 2.26. The minimum atomic E-state index is -0.426. The molecule has 1 saturated heterocycles. The normalized spacial score (nSPS) is 15.9. The zero-order chi connectivity index (χ0) is 19.3. The van der Waals surface area contributed by atoms with E-state index in [1.807, 2.05) is 30.3 Å². The number of piperidine rings is 1. The maximum Gasteiger partial charge on any atom is 0.407 e. The number of carbonyl (C=O) groups is 2. The van der Waals surface area contributed by atoms with E-state index >= 15 is 0 Å². The minimum absolute atomic E-state index is 0.00378. The van der Waals surface area contributed by atoms with Crippen LogP contribution in [0.25, 0.3) is 0 Å². The zero-order valence-electron chi connectivity index (χ0n) is 15.4. The second-order valence-electron chi connectivity index (χ2n) is 6.84. The monoisotopic (exact) mass is 382 g/mol. The topological polar surface area (TPSA) is 77.1 Å². The Morgan fingerprint density at radius 3 is 2.57 bits per heavy atom. The molecule has 0 spiro atoms. The molecule has 146 valence electrons. The third-order valence-corrected chi connectivity index (χ3v) is 4.94. The van der Waals surface area contributed by atoms with Gasteiger partial charge in [0.2, 0.25) is 6.79 Å². The summed E-state index contributed by atoms with van der Waals surface area (Å²) >= 11 is 0. The Labute approximate surface area is 163 Å². The first-order valence-electron chi connectivity index (χ1n) is 9.35. The third-order valence-electron chi connectivity index (χ3n) is 4.94. The van der Waals surface area contributed by atoms with Crippen molar-refractivity contribution in [3.05, 3.63) is 59.7 Å². The van der Waals surface area contributed by atoms with Gasteiger partial charge in [0.1, 0.15) is 6.61 Å². The molecule has 7 heteroatoms. The lowest BCUT2D eigenvalue weighted by molar-refractivity contribution is 0.0700. The summed E-state index contributed by atoms with van der Waals surface area (Å²) in [5.41, 5.74) is 1.53. The first-order chi connectivity index (χ1) is 13.7. The average Bonchev–Trinajstić information content (AvgIpc) is 3.21. The third kappa shape index (κ3) is 4.19. The molecule has 2 aromatic carbocycles. The summed E-state index contributed by atoms with van der Waals surface area (Å²) < 4.78 is 15.9. The van der Waals surface area contributed by atoms with Gasteiger partial charge >= 0.3 is 6.09 Å². The summed E-state index contributed by atoms with van der Waals surface area (Å²) in [6, 6.07) is 14.8. The Hall–Kier alpha value is -3.22. The Balaban J connectivity index is 1.24. The van der Waals surface area contributed by atoms with E-state index in [-0.39, 0.29) is 25.3 Å². The first kappa shape index (κ1) is 18.2. The highest BCUT2D eigenvalue weighted by molar-refractivity contribution is 5.95. The van der Waals surface area contributed by atoms with Gasteiger partial charge in [0.05, 0.1) is 0 Å². The van der Waals surface area contributed by atoms with Crippen molar-refractivity contribution in [1.29, 1.82) is 0 Å². The van der Waals surface area contributed by atoms with Crippen LogP contribution in [0.5, 0.6) is 11.5 Å². The van der Waals surface area contributed by atoms with Crippen molar-refractivity contribution in [2.75, 3.05) is 19.9 Å². The molecular formula is C21H22N2O5. The van der Waals surface area contributed by atoms with Crippen molar-refractivity contribution in [2.45, 2.75) is 25.5 Å². The lowest BCUT2D eigenvalue weighted by Crippen LogP contribution is -2.46. The lowest BCUT2D eigenvalue weighted by atomic mass is 10.0. The average molecular weight is 382 g/mol. The van der Waals surface area contributed by atoms with Gasteiger partial charge in [0, 0.05) is 24.7 Å². The van der Waals surface area contributed by atoms with Gasteiger partial charge in [-0.05, 0) is 36.6 Å². The van der Waals surface area contributed by atoms with Crippen LogP contribution in [0.2, 0.25) is 0 Å². The van der Waals surface area contributed by atoms with E-state index in [9.17, 15) is 9.59 Å². The summed E-state index contributed by atoms with van der Waals surface area (Å²) in [5, 5.41) is 2.89. The maximum atomic E-state index is 12.7. The van der Waals surface area contributed by atoms with E-state index in [1.165, 1.54) is 0 Å². The molecule has 0 saturated carbocycles. The number of nitrogens with one attached hydrogen (secondary N) is 1. The number of alkyl carbamates (subject to hydrolysis) is 1. The second-order valence-corrected chi connectivity index (χ2v) is 6.84. The van der Waals surface area contributed by atoms with Crippen LogP contribution in [0.15, 0.2) is 48.5 Å². The molecule has 2 aromatic rings. The summed E-state index contributed by atoms with van der Waals surface area (Å²) in [6.07, 6.45) is 0.956. The molecule has 1 fully saturated rings. The number of fused-ring (bicyclic) bond motifs is 1. The minimum Gasteiger partial charge on any atom is -0.454 e. The first-order valence-corrected chi connectivity index (χ1v) is 9.35. The van der Waals surface area contributed by atoms with Gasteiger partial charge < -0.3 is 24.4 Å². The molecule has 2 aliphatic rings. The molecule has 1 N–H and O–H groups in total. The SMILES string of the molecule is O=C(NC1CCN(C(=O)c2ccc3c(c2)OCO3)CC1)OCc1ccccc1. The van der Waals surface area contributed by atoms with Crippen molar-refractivity contribution in [2.24, 2.45) is 0 Å². The molecule has 0 radical (unpaired) electrons. The molecule has 2 amide bonds. The van der Waals surface area contributed by atoms with Crippen molar-refractivity contribution >= 4 is 12.0 Å². The number of benzene rings is 2. The fourth-order valence-electron chi connectivity index (χ4n) is 3.37. The Morgan fingerprint density at radius 1 is 1.04 bits per heavy atom. The summed E-state index contributed by atoms with van der Waals surface area (Å²) in [6.45, 7) is 1.59. The highest BCUT2D eigenvalue weighted by Crippen LogP contribution is 2.33. The number of nitrogens with zero attached hydrogens (tertiary/aromatic N) is 1. The van der Waals surface area contributed by atoms with Gasteiger partial charge in [0.25, 0.3) is 5.91 Å². The van der Waals surface area contributed by atoms with Gasteiger partial charge in [0.15, 0.2) is 11.5 Å². The maximum absolute atomic E-state index is 12.7. The zero-order valence-corrected chi connectivity index (χ0v) is 15.4. The molecule has 0 aromatic heterocycles. The molecule has 0 unspecified atom stereocenters. The predicted molar refractivity (Wildman–Crippen MR) is 101 cm³/mol. The van der Waals surface area contributed by atoms with Crippen LogP contribution in [0, 0.1) is 0 Å². The summed E-state index contributed by atoms with van der Waals surface area (Å²) in [4.78, 5) is 26.5. The van der Waals surface area contributed by atoms with Crippen LogP contribution in [0.1, 0.15) is 28.8 Å². The smallest absolute Gasteiger partial charge is 0.407 e. The molecule has 2 aliphatic heterocycles. The Bertz CT molecular complexity index is 847. The molecule has 0 bridgehead atoms.